The Bertz CT molecular complexity index is 566. The van der Waals surface area contributed by atoms with Crippen LogP contribution in [0.25, 0.3) is 0 Å². The van der Waals surface area contributed by atoms with Crippen LogP contribution >= 0.6 is 27.5 Å². The fourth-order valence-electron chi connectivity index (χ4n) is 1.47. The van der Waals surface area contributed by atoms with Gasteiger partial charge in [0.05, 0.1) is 5.02 Å². The predicted octanol–water partition coefficient (Wildman–Crippen LogP) is 3.92. The topological polar surface area (TPSA) is 43.1 Å². The number of ketones is 1. The van der Waals surface area contributed by atoms with Gasteiger partial charge in [-0.1, -0.05) is 27.5 Å². The molecule has 0 unspecified atom stereocenters. The van der Waals surface area contributed by atoms with Crippen molar-refractivity contribution in [3.63, 3.8) is 0 Å². The van der Waals surface area contributed by atoms with E-state index in [1.54, 1.807) is 30.3 Å². The first-order valence-corrected chi connectivity index (χ1v) is 6.10. The molecule has 0 atom stereocenters. The second-order valence-corrected chi connectivity index (χ2v) is 4.90. The summed E-state index contributed by atoms with van der Waals surface area (Å²) in [7, 11) is 0. The summed E-state index contributed by atoms with van der Waals surface area (Å²) in [5, 5.41) is 0.373. The predicted molar refractivity (Wildman–Crippen MR) is 73.4 cm³/mol. The lowest BCUT2D eigenvalue weighted by Gasteiger charge is -2.04. The number of hydrogen-bond acceptors (Lipinski definition) is 2. The van der Waals surface area contributed by atoms with Crippen LogP contribution in [0, 0.1) is 0 Å². The lowest BCUT2D eigenvalue weighted by Crippen LogP contribution is -2.02. The number of halogens is 2. The fourth-order valence-corrected chi connectivity index (χ4v) is 2.01. The zero-order chi connectivity index (χ0) is 12.4. The van der Waals surface area contributed by atoms with E-state index in [4.69, 9.17) is 17.3 Å². The molecule has 0 aliphatic rings. The van der Waals surface area contributed by atoms with Crippen molar-refractivity contribution in [1.29, 1.82) is 0 Å². The molecule has 0 radical (unpaired) electrons. The monoisotopic (exact) mass is 309 g/mol. The van der Waals surface area contributed by atoms with Crippen LogP contribution in [0.4, 0.5) is 5.69 Å². The molecule has 0 amide bonds. The van der Waals surface area contributed by atoms with Crippen LogP contribution in [0.2, 0.25) is 5.02 Å². The molecule has 2 nitrogen and oxygen atoms in total. The Labute approximate surface area is 113 Å². The molecule has 17 heavy (non-hydrogen) atoms. The van der Waals surface area contributed by atoms with Gasteiger partial charge in [0.25, 0.3) is 0 Å². The van der Waals surface area contributed by atoms with E-state index in [1.807, 2.05) is 12.1 Å². The number of carbonyl (C=O) groups excluding carboxylic acids is 1. The van der Waals surface area contributed by atoms with Crippen molar-refractivity contribution in [2.24, 2.45) is 0 Å². The molecule has 0 aliphatic carbocycles. The van der Waals surface area contributed by atoms with E-state index in [9.17, 15) is 4.79 Å². The third kappa shape index (κ3) is 2.68. The van der Waals surface area contributed by atoms with Crippen molar-refractivity contribution in [2.75, 3.05) is 5.73 Å². The van der Waals surface area contributed by atoms with Gasteiger partial charge < -0.3 is 5.73 Å². The molecular weight excluding hydrogens is 302 g/mol. The molecule has 86 valence electrons. The summed E-state index contributed by atoms with van der Waals surface area (Å²) in [5.74, 6) is -0.109. The molecule has 0 bridgehead atoms. The molecule has 0 saturated heterocycles. The Balaban J connectivity index is 2.40. The maximum atomic E-state index is 12.1. The zero-order valence-electron chi connectivity index (χ0n) is 8.78. The van der Waals surface area contributed by atoms with Crippen LogP contribution < -0.4 is 5.73 Å². The van der Waals surface area contributed by atoms with Gasteiger partial charge in [0.15, 0.2) is 5.78 Å². The largest absolute Gasteiger partial charge is 0.399 e. The molecule has 2 aromatic rings. The summed E-state index contributed by atoms with van der Waals surface area (Å²) < 4.78 is 0.928. The van der Waals surface area contributed by atoms with E-state index in [0.717, 1.165) is 4.47 Å². The Morgan fingerprint density at radius 3 is 2.35 bits per heavy atom. The minimum Gasteiger partial charge on any atom is -0.399 e. The molecule has 2 aromatic carbocycles. The van der Waals surface area contributed by atoms with Gasteiger partial charge >= 0.3 is 0 Å². The number of benzene rings is 2. The Kier molecular flexibility index (Phi) is 3.50. The minimum atomic E-state index is -0.109. The van der Waals surface area contributed by atoms with E-state index < -0.39 is 0 Å². The fraction of sp³-hybridized carbons (Fsp3) is 0. The lowest BCUT2D eigenvalue weighted by molar-refractivity contribution is 0.103. The Morgan fingerprint density at radius 1 is 1.12 bits per heavy atom. The number of hydrogen-bond donors (Lipinski definition) is 1. The Morgan fingerprint density at radius 2 is 1.76 bits per heavy atom. The lowest BCUT2D eigenvalue weighted by atomic mass is 10.0. The van der Waals surface area contributed by atoms with Crippen molar-refractivity contribution in [2.45, 2.75) is 0 Å². The number of nitrogens with two attached hydrogens (primary N) is 1. The first-order chi connectivity index (χ1) is 8.08. The smallest absolute Gasteiger partial charge is 0.194 e. The number of nitrogen functional groups attached to an aromatic ring is 1. The van der Waals surface area contributed by atoms with Crippen LogP contribution in [0.1, 0.15) is 15.9 Å². The van der Waals surface area contributed by atoms with Gasteiger partial charge in [0.1, 0.15) is 0 Å². The average Bonchev–Trinajstić information content (AvgIpc) is 2.29. The highest BCUT2D eigenvalue weighted by Crippen LogP contribution is 2.22. The summed E-state index contributed by atoms with van der Waals surface area (Å²) in [6, 6.07) is 12.0. The van der Waals surface area contributed by atoms with E-state index in [2.05, 4.69) is 15.9 Å². The summed E-state index contributed by atoms with van der Waals surface area (Å²) in [6.07, 6.45) is 0. The molecule has 2 rings (SSSR count). The molecule has 0 fully saturated rings. The molecule has 0 heterocycles. The normalized spacial score (nSPS) is 10.2. The summed E-state index contributed by atoms with van der Waals surface area (Å²) >= 11 is 9.32. The molecule has 4 heteroatoms. The molecule has 0 aliphatic heterocycles. The van der Waals surface area contributed by atoms with E-state index in [0.29, 0.717) is 21.8 Å². The standard InChI is InChI=1S/C13H9BrClNO/c14-9-3-1-8(2-4-9)13(17)11-6-5-10(16)7-12(11)15/h1-7H,16H2. The van der Waals surface area contributed by atoms with Crippen LogP contribution in [0.3, 0.4) is 0 Å². The third-order valence-corrected chi connectivity index (χ3v) is 3.19. The van der Waals surface area contributed by atoms with Crippen molar-refractivity contribution in [3.05, 3.63) is 63.1 Å². The van der Waals surface area contributed by atoms with Crippen LogP contribution in [-0.2, 0) is 0 Å². The molecule has 2 N–H and O–H groups in total. The second-order valence-electron chi connectivity index (χ2n) is 3.58. The van der Waals surface area contributed by atoms with Gasteiger partial charge in [-0.25, -0.2) is 0 Å². The molecular formula is C13H9BrClNO. The van der Waals surface area contributed by atoms with E-state index in [1.165, 1.54) is 0 Å². The Hall–Kier alpha value is -1.32. The number of carbonyl (C=O) groups is 1. The van der Waals surface area contributed by atoms with Gasteiger partial charge in [-0.05, 0) is 42.5 Å². The summed E-state index contributed by atoms with van der Waals surface area (Å²) in [5.41, 5.74) is 7.19. The maximum Gasteiger partial charge on any atom is 0.194 e. The molecule has 0 aromatic heterocycles. The van der Waals surface area contributed by atoms with Crippen molar-refractivity contribution in [1.82, 2.24) is 0 Å². The highest BCUT2D eigenvalue weighted by atomic mass is 79.9. The second kappa shape index (κ2) is 4.90. The van der Waals surface area contributed by atoms with Gasteiger partial charge in [-0.3, -0.25) is 4.79 Å². The summed E-state index contributed by atoms with van der Waals surface area (Å²) in [4.78, 5) is 12.1. The zero-order valence-corrected chi connectivity index (χ0v) is 11.1. The van der Waals surface area contributed by atoms with Gasteiger partial charge in [-0.15, -0.1) is 0 Å². The minimum absolute atomic E-state index is 0.109. The summed E-state index contributed by atoms with van der Waals surface area (Å²) in [6.45, 7) is 0. The van der Waals surface area contributed by atoms with Crippen LogP contribution in [-0.4, -0.2) is 5.78 Å². The quantitative estimate of drug-likeness (QED) is 0.675. The van der Waals surface area contributed by atoms with Gasteiger partial charge in [0, 0.05) is 21.3 Å². The SMILES string of the molecule is Nc1ccc(C(=O)c2ccc(Br)cc2)c(Cl)c1. The first-order valence-electron chi connectivity index (χ1n) is 4.93. The van der Waals surface area contributed by atoms with E-state index in [-0.39, 0.29) is 5.78 Å². The first kappa shape index (κ1) is 12.1. The number of rotatable bonds is 2. The average molecular weight is 311 g/mol. The highest BCUT2D eigenvalue weighted by Gasteiger charge is 2.12. The van der Waals surface area contributed by atoms with Gasteiger partial charge in [-0.2, -0.15) is 0 Å². The van der Waals surface area contributed by atoms with Crippen molar-refractivity contribution in [3.8, 4) is 0 Å². The van der Waals surface area contributed by atoms with E-state index >= 15 is 0 Å². The van der Waals surface area contributed by atoms with Gasteiger partial charge in [0.2, 0.25) is 0 Å². The van der Waals surface area contributed by atoms with Crippen molar-refractivity contribution < 1.29 is 4.79 Å². The maximum absolute atomic E-state index is 12.1. The highest BCUT2D eigenvalue weighted by molar-refractivity contribution is 9.10. The van der Waals surface area contributed by atoms with Crippen LogP contribution in [0.5, 0.6) is 0 Å². The molecule has 0 saturated carbocycles. The van der Waals surface area contributed by atoms with Crippen LogP contribution in [0.15, 0.2) is 46.9 Å². The molecule has 0 spiro atoms. The third-order valence-electron chi connectivity index (χ3n) is 2.34. The van der Waals surface area contributed by atoms with Crippen molar-refractivity contribution >= 4 is 39.0 Å². The number of anilines is 1.